The fourth-order valence-electron chi connectivity index (χ4n) is 4.46. The number of rotatable bonds is 2. The number of anilines is 1. The van der Waals surface area contributed by atoms with Gasteiger partial charge in [-0.05, 0) is 56.4 Å². The number of hydrogen-bond acceptors (Lipinski definition) is 4. The topological polar surface area (TPSA) is 54.2 Å². The molecule has 1 saturated carbocycles. The molecule has 26 heavy (non-hydrogen) atoms. The van der Waals surface area contributed by atoms with Crippen molar-refractivity contribution >= 4 is 17.3 Å². The second kappa shape index (κ2) is 5.69. The van der Waals surface area contributed by atoms with E-state index in [2.05, 4.69) is 50.0 Å². The minimum Gasteiger partial charge on any atom is -0.396 e. The van der Waals surface area contributed by atoms with Crippen molar-refractivity contribution in [3.05, 3.63) is 58.8 Å². The van der Waals surface area contributed by atoms with Gasteiger partial charge >= 0.3 is 0 Å². The molecule has 1 aromatic heterocycles. The zero-order valence-corrected chi connectivity index (χ0v) is 15.4. The van der Waals surface area contributed by atoms with Gasteiger partial charge in [0.25, 0.3) is 0 Å². The molecule has 0 amide bonds. The minimum atomic E-state index is -0.152. The molecule has 5 rings (SSSR count). The number of fused-ring (bicyclic) bond motifs is 4. The van der Waals surface area contributed by atoms with E-state index < -0.39 is 0 Å². The Hall–Kier alpha value is -2.11. The molecule has 2 aromatic rings. The lowest BCUT2D eigenvalue weighted by atomic mass is 10.00. The molecule has 1 N–H and O–H groups in total. The van der Waals surface area contributed by atoms with Crippen LogP contribution in [0.3, 0.4) is 0 Å². The van der Waals surface area contributed by atoms with Gasteiger partial charge in [-0.15, -0.1) is 10.2 Å². The standard InChI is InChI=1S/C20H21ClN4O/c1-13-22-23-19-20(10-14(20)11-26)12-24(16-8-6-15(21)7-9-16)17-4-2-3-5-18(17)25(13)19/h2-6,8,14,26H,7,9-12H2,1H3. The number of hydrogen-bond donors (Lipinski definition) is 1. The molecule has 0 saturated heterocycles. The normalized spacial score (nSPS) is 26.7. The highest BCUT2D eigenvalue weighted by Gasteiger charge is 2.60. The Labute approximate surface area is 157 Å². The van der Waals surface area contributed by atoms with Gasteiger partial charge in [0.1, 0.15) is 11.6 Å². The summed E-state index contributed by atoms with van der Waals surface area (Å²) < 4.78 is 2.18. The first kappa shape index (κ1) is 16.1. The summed E-state index contributed by atoms with van der Waals surface area (Å²) in [5.41, 5.74) is 3.38. The third-order valence-electron chi connectivity index (χ3n) is 6.00. The summed E-state index contributed by atoms with van der Waals surface area (Å²) >= 11 is 6.19. The largest absolute Gasteiger partial charge is 0.396 e. The minimum absolute atomic E-state index is 0.152. The summed E-state index contributed by atoms with van der Waals surface area (Å²) in [7, 11) is 0. The lowest BCUT2D eigenvalue weighted by Gasteiger charge is -2.31. The van der Waals surface area contributed by atoms with Crippen LogP contribution in [-0.2, 0) is 5.41 Å². The molecule has 2 aliphatic carbocycles. The third kappa shape index (κ3) is 2.20. The third-order valence-corrected chi connectivity index (χ3v) is 6.31. The van der Waals surface area contributed by atoms with E-state index in [1.54, 1.807) is 0 Å². The van der Waals surface area contributed by atoms with Crippen molar-refractivity contribution in [2.24, 2.45) is 5.92 Å². The number of aliphatic hydroxyl groups is 1. The van der Waals surface area contributed by atoms with Crippen molar-refractivity contribution in [3.63, 3.8) is 0 Å². The quantitative estimate of drug-likeness (QED) is 0.882. The van der Waals surface area contributed by atoms with Crippen molar-refractivity contribution in [2.45, 2.75) is 31.6 Å². The van der Waals surface area contributed by atoms with Gasteiger partial charge in [0.2, 0.25) is 0 Å². The van der Waals surface area contributed by atoms with Crippen LogP contribution in [0, 0.1) is 12.8 Å². The molecule has 1 aromatic carbocycles. The van der Waals surface area contributed by atoms with Crippen LogP contribution < -0.4 is 4.90 Å². The number of para-hydroxylation sites is 2. The van der Waals surface area contributed by atoms with Gasteiger partial charge in [0.05, 0.1) is 16.8 Å². The van der Waals surface area contributed by atoms with Gasteiger partial charge in [-0.1, -0.05) is 23.7 Å². The number of nitrogens with zero attached hydrogens (tertiary/aromatic N) is 4. The van der Waals surface area contributed by atoms with Crippen LogP contribution in [0.15, 0.2) is 47.1 Å². The Bertz CT molecular complexity index is 947. The summed E-state index contributed by atoms with van der Waals surface area (Å²) in [4.78, 5) is 2.40. The van der Waals surface area contributed by atoms with Gasteiger partial charge in [-0.25, -0.2) is 0 Å². The summed E-state index contributed by atoms with van der Waals surface area (Å²) in [6, 6.07) is 8.42. The van der Waals surface area contributed by atoms with E-state index >= 15 is 0 Å². The number of aliphatic hydroxyl groups excluding tert-OH is 1. The van der Waals surface area contributed by atoms with Gasteiger partial charge in [-0.3, -0.25) is 4.57 Å². The number of benzene rings is 1. The average molecular weight is 369 g/mol. The number of halogens is 1. The van der Waals surface area contributed by atoms with Crippen molar-refractivity contribution in [1.82, 2.24) is 14.8 Å². The molecule has 0 radical (unpaired) electrons. The molecule has 0 bridgehead atoms. The predicted octanol–water partition coefficient (Wildman–Crippen LogP) is 3.45. The SMILES string of the molecule is Cc1nnc2n1-c1ccccc1N(C1=CC=C(Cl)CC1)CC21CC1CO. The highest BCUT2D eigenvalue weighted by atomic mass is 35.5. The number of allylic oxidation sites excluding steroid dienone is 4. The van der Waals surface area contributed by atoms with Crippen LogP contribution in [0.5, 0.6) is 0 Å². The molecule has 1 spiro atoms. The van der Waals surface area contributed by atoms with E-state index in [9.17, 15) is 5.11 Å². The van der Waals surface area contributed by atoms with E-state index in [0.717, 1.165) is 53.9 Å². The summed E-state index contributed by atoms with van der Waals surface area (Å²) in [5, 5.41) is 19.7. The Morgan fingerprint density at radius 3 is 2.69 bits per heavy atom. The van der Waals surface area contributed by atoms with Crippen LogP contribution in [0.1, 0.15) is 30.9 Å². The highest BCUT2D eigenvalue weighted by molar-refractivity contribution is 6.29. The lowest BCUT2D eigenvalue weighted by Crippen LogP contribution is -2.33. The molecule has 1 aliphatic heterocycles. The zero-order valence-electron chi connectivity index (χ0n) is 14.7. The van der Waals surface area contributed by atoms with Gasteiger partial charge < -0.3 is 10.0 Å². The predicted molar refractivity (Wildman–Crippen MR) is 102 cm³/mol. The van der Waals surface area contributed by atoms with Crippen LogP contribution in [0.2, 0.25) is 0 Å². The summed E-state index contributed by atoms with van der Waals surface area (Å²) in [6.45, 7) is 2.99. The van der Waals surface area contributed by atoms with E-state index in [-0.39, 0.29) is 17.9 Å². The smallest absolute Gasteiger partial charge is 0.146 e. The molecular formula is C20H21ClN4O. The van der Waals surface area contributed by atoms with Gasteiger partial charge in [0, 0.05) is 23.9 Å². The van der Waals surface area contributed by atoms with E-state index in [4.69, 9.17) is 11.6 Å². The number of aryl methyl sites for hydroxylation is 1. The average Bonchev–Trinajstić information content (AvgIpc) is 3.27. The maximum Gasteiger partial charge on any atom is 0.146 e. The molecule has 134 valence electrons. The maximum atomic E-state index is 9.88. The monoisotopic (exact) mass is 368 g/mol. The van der Waals surface area contributed by atoms with Crippen LogP contribution in [0.4, 0.5) is 5.69 Å². The maximum absolute atomic E-state index is 9.88. The van der Waals surface area contributed by atoms with E-state index in [0.29, 0.717) is 0 Å². The van der Waals surface area contributed by atoms with Gasteiger partial charge in [0.15, 0.2) is 0 Å². The molecule has 2 heterocycles. The van der Waals surface area contributed by atoms with Gasteiger partial charge in [-0.2, -0.15) is 0 Å². The zero-order chi connectivity index (χ0) is 17.9. The summed E-state index contributed by atoms with van der Waals surface area (Å²) in [6.07, 6.45) is 6.86. The molecule has 3 aliphatic rings. The fourth-order valence-corrected chi connectivity index (χ4v) is 4.62. The molecule has 2 atom stereocenters. The Balaban J connectivity index is 1.72. The molecule has 6 heteroatoms. The Morgan fingerprint density at radius 1 is 1.19 bits per heavy atom. The molecular weight excluding hydrogens is 348 g/mol. The van der Waals surface area contributed by atoms with E-state index in [1.165, 1.54) is 5.70 Å². The summed E-state index contributed by atoms with van der Waals surface area (Å²) in [5.74, 6) is 2.09. The first-order valence-electron chi connectivity index (χ1n) is 9.09. The lowest BCUT2D eigenvalue weighted by molar-refractivity contribution is 0.262. The van der Waals surface area contributed by atoms with Crippen LogP contribution >= 0.6 is 11.6 Å². The van der Waals surface area contributed by atoms with Crippen LogP contribution in [-0.4, -0.2) is 33.0 Å². The fraction of sp³-hybridized carbons (Fsp3) is 0.400. The Morgan fingerprint density at radius 2 is 2.00 bits per heavy atom. The molecule has 2 unspecified atom stereocenters. The first-order valence-corrected chi connectivity index (χ1v) is 9.47. The van der Waals surface area contributed by atoms with Crippen molar-refractivity contribution in [2.75, 3.05) is 18.1 Å². The van der Waals surface area contributed by atoms with Crippen LogP contribution in [0.25, 0.3) is 5.69 Å². The van der Waals surface area contributed by atoms with Crippen molar-refractivity contribution < 1.29 is 5.11 Å². The van der Waals surface area contributed by atoms with Crippen molar-refractivity contribution in [3.8, 4) is 5.69 Å². The van der Waals surface area contributed by atoms with E-state index in [1.807, 2.05) is 13.0 Å². The highest BCUT2D eigenvalue weighted by Crippen LogP contribution is 2.57. The Kier molecular flexibility index (Phi) is 3.52. The molecule has 5 nitrogen and oxygen atoms in total. The second-order valence-electron chi connectivity index (χ2n) is 7.49. The number of aromatic nitrogens is 3. The molecule has 1 fully saturated rings. The second-order valence-corrected chi connectivity index (χ2v) is 7.98. The van der Waals surface area contributed by atoms with Crippen molar-refractivity contribution in [1.29, 1.82) is 0 Å². The first-order chi connectivity index (χ1) is 12.6.